The van der Waals surface area contributed by atoms with Gasteiger partial charge in [-0.25, -0.2) is 9.97 Å². The van der Waals surface area contributed by atoms with E-state index in [0.717, 1.165) is 37.2 Å². The van der Waals surface area contributed by atoms with Gasteiger partial charge < -0.3 is 9.47 Å². The summed E-state index contributed by atoms with van der Waals surface area (Å²) in [6.45, 7) is 2.36. The highest BCUT2D eigenvalue weighted by Gasteiger charge is 2.36. The summed E-state index contributed by atoms with van der Waals surface area (Å²) in [6, 6.07) is 13.3. The Morgan fingerprint density at radius 2 is 1.93 bits per heavy atom. The topological polar surface area (TPSA) is 54.3 Å². The van der Waals surface area contributed by atoms with Crippen LogP contribution >= 0.6 is 0 Å². The van der Waals surface area contributed by atoms with Gasteiger partial charge in [0.25, 0.3) is 5.91 Å². The van der Waals surface area contributed by atoms with Crippen molar-refractivity contribution in [3.8, 4) is 0 Å². The second-order valence-electron chi connectivity index (χ2n) is 8.02. The van der Waals surface area contributed by atoms with Gasteiger partial charge in [-0.1, -0.05) is 30.3 Å². The maximum Gasteiger partial charge on any atom is 0.255 e. The third kappa shape index (κ3) is 3.07. The standard InChI is InChI=1S/C22H25N5O/c1-25-18-7-8-19(25)14-26(10-9-18)22(28)17-11-20-21(23-12-17)27(15-24-20)13-16-5-3-2-4-6-16/h2-6,11-12,15,18-19H,7-10,13-14H2,1H3/t18-,19+/m1/s1. The summed E-state index contributed by atoms with van der Waals surface area (Å²) >= 11 is 0. The molecule has 144 valence electrons. The third-order valence-corrected chi connectivity index (χ3v) is 6.33. The Morgan fingerprint density at radius 3 is 2.79 bits per heavy atom. The molecule has 0 saturated carbocycles. The van der Waals surface area contributed by atoms with Crippen LogP contribution in [0.1, 0.15) is 35.2 Å². The molecular weight excluding hydrogens is 350 g/mol. The minimum Gasteiger partial charge on any atom is -0.337 e. The first-order chi connectivity index (χ1) is 13.7. The number of carbonyl (C=O) groups excluding carboxylic acids is 1. The van der Waals surface area contributed by atoms with E-state index in [9.17, 15) is 4.79 Å². The van der Waals surface area contributed by atoms with Gasteiger partial charge in [-0.3, -0.25) is 9.69 Å². The average Bonchev–Trinajstić information content (AvgIpc) is 3.21. The maximum absolute atomic E-state index is 13.1. The number of hydrogen-bond donors (Lipinski definition) is 0. The molecule has 2 bridgehead atoms. The van der Waals surface area contributed by atoms with Gasteiger partial charge in [0.05, 0.1) is 18.4 Å². The van der Waals surface area contributed by atoms with Crippen molar-refractivity contribution in [1.29, 1.82) is 0 Å². The number of likely N-dealkylation sites (tertiary alicyclic amines) is 1. The lowest BCUT2D eigenvalue weighted by Crippen LogP contribution is -2.39. The molecule has 0 spiro atoms. The Labute approximate surface area is 164 Å². The van der Waals surface area contributed by atoms with Crippen LogP contribution in [0.3, 0.4) is 0 Å². The smallest absolute Gasteiger partial charge is 0.255 e. The summed E-state index contributed by atoms with van der Waals surface area (Å²) in [5, 5.41) is 0. The highest BCUT2D eigenvalue weighted by molar-refractivity contribution is 5.96. The van der Waals surface area contributed by atoms with Crippen molar-refractivity contribution >= 4 is 17.1 Å². The Morgan fingerprint density at radius 1 is 1.11 bits per heavy atom. The molecule has 2 aliphatic heterocycles. The summed E-state index contributed by atoms with van der Waals surface area (Å²) in [6.07, 6.45) is 7.02. The van der Waals surface area contributed by atoms with E-state index < -0.39 is 0 Å². The number of benzene rings is 1. The van der Waals surface area contributed by atoms with Crippen LogP contribution in [-0.2, 0) is 6.54 Å². The molecule has 0 N–H and O–H groups in total. The number of fused-ring (bicyclic) bond motifs is 3. The molecule has 0 radical (unpaired) electrons. The quantitative estimate of drug-likeness (QED) is 0.706. The molecule has 6 heteroatoms. The number of hydrogen-bond acceptors (Lipinski definition) is 4. The van der Waals surface area contributed by atoms with Crippen molar-refractivity contribution in [1.82, 2.24) is 24.3 Å². The SMILES string of the molecule is CN1[C@@H]2CC[C@H]1CN(C(=O)c1cnc3c(c1)ncn3Cc1ccccc1)CC2. The van der Waals surface area contributed by atoms with E-state index in [-0.39, 0.29) is 5.91 Å². The Balaban J connectivity index is 1.37. The second-order valence-corrected chi connectivity index (χ2v) is 8.02. The first-order valence-corrected chi connectivity index (χ1v) is 10.0. The Kier molecular flexibility index (Phi) is 4.36. The number of carbonyl (C=O) groups is 1. The van der Waals surface area contributed by atoms with Gasteiger partial charge in [0.2, 0.25) is 0 Å². The number of nitrogens with zero attached hydrogens (tertiary/aromatic N) is 5. The van der Waals surface area contributed by atoms with Crippen LogP contribution in [0.2, 0.25) is 0 Å². The molecule has 5 rings (SSSR count). The molecule has 2 aliphatic rings. The maximum atomic E-state index is 13.1. The fourth-order valence-corrected chi connectivity index (χ4v) is 4.64. The summed E-state index contributed by atoms with van der Waals surface area (Å²) in [5.74, 6) is 0.0768. The van der Waals surface area contributed by atoms with E-state index in [2.05, 4.69) is 34.0 Å². The monoisotopic (exact) mass is 375 g/mol. The number of aromatic nitrogens is 3. The molecule has 2 fully saturated rings. The van der Waals surface area contributed by atoms with Crippen molar-refractivity contribution in [2.75, 3.05) is 20.1 Å². The lowest BCUT2D eigenvalue weighted by Gasteiger charge is -2.25. The van der Waals surface area contributed by atoms with Crippen molar-refractivity contribution < 1.29 is 4.79 Å². The highest BCUT2D eigenvalue weighted by Crippen LogP contribution is 2.29. The number of likely N-dealkylation sites (N-methyl/N-ethyl adjacent to an activating group) is 1. The van der Waals surface area contributed by atoms with Crippen LogP contribution in [0, 0.1) is 0 Å². The summed E-state index contributed by atoms with van der Waals surface area (Å²) in [4.78, 5) is 26.6. The van der Waals surface area contributed by atoms with E-state index in [4.69, 9.17) is 0 Å². The van der Waals surface area contributed by atoms with Gasteiger partial charge in [0.15, 0.2) is 5.65 Å². The third-order valence-electron chi connectivity index (χ3n) is 6.33. The normalized spacial score (nSPS) is 22.5. The van der Waals surface area contributed by atoms with Gasteiger partial charge in [-0.15, -0.1) is 0 Å². The van der Waals surface area contributed by atoms with Crippen LogP contribution < -0.4 is 0 Å². The molecule has 28 heavy (non-hydrogen) atoms. The van der Waals surface area contributed by atoms with Gasteiger partial charge in [-0.2, -0.15) is 0 Å². The molecule has 4 heterocycles. The van der Waals surface area contributed by atoms with Crippen molar-refractivity contribution in [3.63, 3.8) is 0 Å². The van der Waals surface area contributed by atoms with Crippen LogP contribution in [-0.4, -0.2) is 62.5 Å². The zero-order valence-corrected chi connectivity index (χ0v) is 16.2. The highest BCUT2D eigenvalue weighted by atomic mass is 16.2. The molecule has 0 unspecified atom stereocenters. The Hall–Kier alpha value is -2.73. The van der Waals surface area contributed by atoms with Crippen LogP contribution in [0.4, 0.5) is 0 Å². The van der Waals surface area contributed by atoms with Crippen molar-refractivity contribution in [2.45, 2.75) is 37.9 Å². The largest absolute Gasteiger partial charge is 0.337 e. The second kappa shape index (κ2) is 7.02. The van der Waals surface area contributed by atoms with Crippen LogP contribution in [0.25, 0.3) is 11.2 Å². The summed E-state index contributed by atoms with van der Waals surface area (Å²) < 4.78 is 2.03. The van der Waals surface area contributed by atoms with Crippen LogP contribution in [0.15, 0.2) is 48.9 Å². The zero-order chi connectivity index (χ0) is 19.1. The molecular formula is C22H25N5O. The predicted octanol–water partition coefficient (Wildman–Crippen LogP) is 2.79. The molecule has 3 aromatic rings. The lowest BCUT2D eigenvalue weighted by atomic mass is 10.1. The number of amides is 1. The molecule has 1 aromatic carbocycles. The first-order valence-electron chi connectivity index (χ1n) is 10.0. The van der Waals surface area contributed by atoms with Crippen molar-refractivity contribution in [3.05, 3.63) is 60.0 Å². The van der Waals surface area contributed by atoms with Gasteiger partial charge in [0, 0.05) is 31.4 Å². The van der Waals surface area contributed by atoms with Gasteiger partial charge in [-0.05, 0) is 37.9 Å². The number of imidazole rings is 1. The average molecular weight is 375 g/mol. The minimum atomic E-state index is 0.0768. The molecule has 1 amide bonds. The first kappa shape index (κ1) is 17.4. The molecule has 6 nitrogen and oxygen atoms in total. The Bertz CT molecular complexity index is 999. The lowest BCUT2D eigenvalue weighted by molar-refractivity contribution is 0.0740. The minimum absolute atomic E-state index is 0.0768. The summed E-state index contributed by atoms with van der Waals surface area (Å²) in [7, 11) is 2.20. The van der Waals surface area contributed by atoms with E-state index in [1.54, 1.807) is 12.5 Å². The van der Waals surface area contributed by atoms with Gasteiger partial charge >= 0.3 is 0 Å². The number of rotatable bonds is 3. The molecule has 0 aliphatic carbocycles. The molecule has 2 atom stereocenters. The van der Waals surface area contributed by atoms with Crippen LogP contribution in [0.5, 0.6) is 0 Å². The molecule has 2 saturated heterocycles. The van der Waals surface area contributed by atoms with E-state index in [0.29, 0.717) is 17.6 Å². The van der Waals surface area contributed by atoms with Crippen molar-refractivity contribution in [2.24, 2.45) is 0 Å². The fourth-order valence-electron chi connectivity index (χ4n) is 4.64. The predicted molar refractivity (Wildman–Crippen MR) is 108 cm³/mol. The van der Waals surface area contributed by atoms with E-state index >= 15 is 0 Å². The zero-order valence-electron chi connectivity index (χ0n) is 16.2. The fraction of sp³-hybridized carbons (Fsp3) is 0.409. The van der Waals surface area contributed by atoms with E-state index in [1.165, 1.54) is 18.4 Å². The van der Waals surface area contributed by atoms with E-state index in [1.807, 2.05) is 33.7 Å². The summed E-state index contributed by atoms with van der Waals surface area (Å²) in [5.41, 5.74) is 3.43. The number of pyridine rings is 1. The van der Waals surface area contributed by atoms with Gasteiger partial charge in [0.1, 0.15) is 5.52 Å². The molecule has 2 aromatic heterocycles.